The molecule has 4 nitrogen and oxygen atoms in total. The molecule has 0 aliphatic rings. The van der Waals surface area contributed by atoms with E-state index in [-0.39, 0.29) is 6.04 Å². The summed E-state index contributed by atoms with van der Waals surface area (Å²) in [6, 6.07) is 1.63. The summed E-state index contributed by atoms with van der Waals surface area (Å²) < 4.78 is 5.79. The number of anilines is 1. The molecular formula is C8H12BrN3O. The highest BCUT2D eigenvalue weighted by molar-refractivity contribution is 9.10. The maximum absolute atomic E-state index is 5.81. The van der Waals surface area contributed by atoms with Gasteiger partial charge in [0.2, 0.25) is 0 Å². The molecule has 0 unspecified atom stereocenters. The van der Waals surface area contributed by atoms with E-state index in [9.17, 15) is 0 Å². The van der Waals surface area contributed by atoms with Crippen molar-refractivity contribution in [1.29, 1.82) is 0 Å². The summed E-state index contributed by atoms with van der Waals surface area (Å²) in [5.74, 6) is 0.452. The first-order valence-electron chi connectivity index (χ1n) is 3.80. The van der Waals surface area contributed by atoms with Crippen LogP contribution >= 0.6 is 15.9 Å². The molecule has 0 fully saturated rings. The van der Waals surface area contributed by atoms with Crippen LogP contribution in [0.4, 0.5) is 5.82 Å². The molecule has 1 atom stereocenters. The molecule has 0 bridgehead atoms. The lowest BCUT2D eigenvalue weighted by atomic mass is 10.1. The van der Waals surface area contributed by atoms with Crippen LogP contribution in [0.2, 0.25) is 0 Å². The monoisotopic (exact) mass is 245 g/mol. The van der Waals surface area contributed by atoms with Crippen LogP contribution in [-0.4, -0.2) is 18.7 Å². The largest absolute Gasteiger partial charge is 0.383 e. The first kappa shape index (κ1) is 10.4. The third kappa shape index (κ3) is 2.65. The van der Waals surface area contributed by atoms with Crippen LogP contribution in [0.1, 0.15) is 11.6 Å². The summed E-state index contributed by atoms with van der Waals surface area (Å²) in [4.78, 5) is 3.98. The number of nitrogens with two attached hydrogens (primary N) is 2. The third-order valence-electron chi connectivity index (χ3n) is 1.66. The van der Waals surface area contributed by atoms with Crippen molar-refractivity contribution in [2.24, 2.45) is 5.73 Å². The summed E-state index contributed by atoms with van der Waals surface area (Å²) in [5.41, 5.74) is 12.3. The second-order valence-electron chi connectivity index (χ2n) is 2.69. The van der Waals surface area contributed by atoms with Crippen molar-refractivity contribution >= 4 is 21.7 Å². The molecule has 0 aromatic carbocycles. The second kappa shape index (κ2) is 4.55. The van der Waals surface area contributed by atoms with Gasteiger partial charge in [-0.25, -0.2) is 4.98 Å². The predicted molar refractivity (Wildman–Crippen MR) is 55.2 cm³/mol. The number of hydrogen-bond donors (Lipinski definition) is 2. The van der Waals surface area contributed by atoms with Crippen molar-refractivity contribution in [3.8, 4) is 0 Å². The molecule has 4 N–H and O–H groups in total. The normalized spacial score (nSPS) is 12.8. The average molecular weight is 246 g/mol. The van der Waals surface area contributed by atoms with E-state index in [0.29, 0.717) is 12.4 Å². The Balaban J connectivity index is 2.91. The number of methoxy groups -OCH3 is 1. The zero-order valence-corrected chi connectivity index (χ0v) is 8.91. The van der Waals surface area contributed by atoms with Crippen molar-refractivity contribution in [2.45, 2.75) is 6.04 Å². The van der Waals surface area contributed by atoms with E-state index in [2.05, 4.69) is 20.9 Å². The van der Waals surface area contributed by atoms with Gasteiger partial charge in [0.05, 0.1) is 12.6 Å². The summed E-state index contributed by atoms with van der Waals surface area (Å²) in [6.45, 7) is 0.433. The highest BCUT2D eigenvalue weighted by atomic mass is 79.9. The fourth-order valence-electron chi connectivity index (χ4n) is 1.03. The van der Waals surface area contributed by atoms with Crippen molar-refractivity contribution in [3.05, 3.63) is 22.3 Å². The molecule has 0 aliphatic heterocycles. The topological polar surface area (TPSA) is 74.2 Å². The SMILES string of the molecule is COC[C@@H](N)c1cc(Br)cnc1N. The maximum Gasteiger partial charge on any atom is 0.128 e. The quantitative estimate of drug-likeness (QED) is 0.836. The number of ether oxygens (including phenoxy) is 1. The number of nitrogen functional groups attached to an aromatic ring is 1. The fraction of sp³-hybridized carbons (Fsp3) is 0.375. The fourth-order valence-corrected chi connectivity index (χ4v) is 1.38. The maximum atomic E-state index is 5.81. The van der Waals surface area contributed by atoms with E-state index in [1.807, 2.05) is 6.07 Å². The lowest BCUT2D eigenvalue weighted by Gasteiger charge is -2.12. The Labute approximate surface area is 85.4 Å². The van der Waals surface area contributed by atoms with Crippen molar-refractivity contribution in [2.75, 3.05) is 19.5 Å². The Kier molecular flexibility index (Phi) is 3.65. The van der Waals surface area contributed by atoms with Gasteiger partial charge in [-0.15, -0.1) is 0 Å². The predicted octanol–water partition coefficient (Wildman–Crippen LogP) is 1.07. The van der Waals surface area contributed by atoms with E-state index in [0.717, 1.165) is 10.0 Å². The van der Waals surface area contributed by atoms with Gasteiger partial charge in [0, 0.05) is 23.3 Å². The van der Waals surface area contributed by atoms with Gasteiger partial charge in [-0.3, -0.25) is 0 Å². The summed E-state index contributed by atoms with van der Waals surface area (Å²) in [5, 5.41) is 0. The zero-order valence-electron chi connectivity index (χ0n) is 7.33. The third-order valence-corrected chi connectivity index (χ3v) is 2.10. The number of nitrogens with zero attached hydrogens (tertiary/aromatic N) is 1. The molecule has 0 aliphatic carbocycles. The Hall–Kier alpha value is -0.650. The number of aromatic nitrogens is 1. The summed E-state index contributed by atoms with van der Waals surface area (Å²) in [6.07, 6.45) is 1.64. The smallest absolute Gasteiger partial charge is 0.128 e. The minimum Gasteiger partial charge on any atom is -0.383 e. The Bertz CT molecular complexity index is 293. The molecule has 13 heavy (non-hydrogen) atoms. The minimum absolute atomic E-state index is 0.227. The molecule has 0 amide bonds. The summed E-state index contributed by atoms with van der Waals surface area (Å²) in [7, 11) is 1.60. The van der Waals surface area contributed by atoms with Gasteiger partial charge < -0.3 is 16.2 Å². The van der Waals surface area contributed by atoms with Crippen LogP contribution < -0.4 is 11.5 Å². The second-order valence-corrected chi connectivity index (χ2v) is 3.61. The van der Waals surface area contributed by atoms with Crippen molar-refractivity contribution < 1.29 is 4.74 Å². The van der Waals surface area contributed by atoms with Crippen molar-refractivity contribution in [3.63, 3.8) is 0 Å². The van der Waals surface area contributed by atoms with E-state index in [4.69, 9.17) is 16.2 Å². The first-order chi connectivity index (χ1) is 6.15. The number of rotatable bonds is 3. The lowest BCUT2D eigenvalue weighted by molar-refractivity contribution is 0.181. The van der Waals surface area contributed by atoms with Gasteiger partial charge in [-0.1, -0.05) is 0 Å². The molecule has 0 saturated heterocycles. The first-order valence-corrected chi connectivity index (χ1v) is 4.60. The van der Waals surface area contributed by atoms with E-state index < -0.39 is 0 Å². The van der Waals surface area contributed by atoms with Gasteiger partial charge >= 0.3 is 0 Å². The average Bonchev–Trinajstić information content (AvgIpc) is 2.09. The molecule has 1 heterocycles. The molecule has 1 rings (SSSR count). The molecule has 72 valence electrons. The van der Waals surface area contributed by atoms with E-state index >= 15 is 0 Å². The number of hydrogen-bond acceptors (Lipinski definition) is 4. The Morgan fingerprint density at radius 3 is 3.00 bits per heavy atom. The van der Waals surface area contributed by atoms with Gasteiger partial charge in [0.1, 0.15) is 5.82 Å². The molecule has 5 heteroatoms. The van der Waals surface area contributed by atoms with Crippen LogP contribution in [0.25, 0.3) is 0 Å². The number of halogens is 1. The summed E-state index contributed by atoms with van der Waals surface area (Å²) >= 11 is 3.30. The van der Waals surface area contributed by atoms with E-state index in [1.54, 1.807) is 13.3 Å². The highest BCUT2D eigenvalue weighted by Crippen LogP contribution is 2.20. The van der Waals surface area contributed by atoms with E-state index in [1.165, 1.54) is 0 Å². The molecule has 1 aromatic rings. The van der Waals surface area contributed by atoms with Crippen LogP contribution in [-0.2, 0) is 4.74 Å². The highest BCUT2D eigenvalue weighted by Gasteiger charge is 2.10. The van der Waals surface area contributed by atoms with Crippen LogP contribution in [0.15, 0.2) is 16.7 Å². The standard InChI is InChI=1S/C8H12BrN3O/c1-13-4-7(10)6-2-5(9)3-12-8(6)11/h2-3,7H,4,10H2,1H3,(H2,11,12)/t7-/m1/s1. The molecule has 1 aromatic heterocycles. The molecular weight excluding hydrogens is 234 g/mol. The molecule has 0 radical (unpaired) electrons. The van der Waals surface area contributed by atoms with Crippen LogP contribution in [0, 0.1) is 0 Å². The minimum atomic E-state index is -0.227. The van der Waals surface area contributed by atoms with Gasteiger partial charge in [0.25, 0.3) is 0 Å². The van der Waals surface area contributed by atoms with Gasteiger partial charge in [-0.2, -0.15) is 0 Å². The van der Waals surface area contributed by atoms with Crippen molar-refractivity contribution in [1.82, 2.24) is 4.98 Å². The Morgan fingerprint density at radius 1 is 1.69 bits per heavy atom. The van der Waals surface area contributed by atoms with Gasteiger partial charge in [0.15, 0.2) is 0 Å². The van der Waals surface area contributed by atoms with Crippen LogP contribution in [0.5, 0.6) is 0 Å². The van der Waals surface area contributed by atoms with Crippen LogP contribution in [0.3, 0.4) is 0 Å². The Morgan fingerprint density at radius 2 is 2.38 bits per heavy atom. The van der Waals surface area contributed by atoms with Gasteiger partial charge in [-0.05, 0) is 22.0 Å². The molecule has 0 saturated carbocycles. The lowest BCUT2D eigenvalue weighted by Crippen LogP contribution is -2.18. The number of pyridine rings is 1. The zero-order chi connectivity index (χ0) is 9.84. The molecule has 0 spiro atoms.